The van der Waals surface area contributed by atoms with Gasteiger partial charge in [0.2, 0.25) is 0 Å². The fraction of sp³-hybridized carbons (Fsp3) is 0.0714. The standard InChI is InChI=1S/C14H7BrClF3N2/c15-10-4-12-13(5-11(10)19)21(14(6-16)20-12)9-2-7(17)1-8(18)3-9/h1-5H,6H2. The fourth-order valence-electron chi connectivity index (χ4n) is 2.17. The van der Waals surface area contributed by atoms with E-state index in [9.17, 15) is 13.2 Å². The molecule has 3 aromatic rings. The maximum atomic E-state index is 13.7. The first-order valence-electron chi connectivity index (χ1n) is 5.88. The Morgan fingerprint density at radius 3 is 2.33 bits per heavy atom. The van der Waals surface area contributed by atoms with Crippen LogP contribution >= 0.6 is 27.5 Å². The summed E-state index contributed by atoms with van der Waals surface area (Å²) in [6.45, 7) is 0. The van der Waals surface area contributed by atoms with Crippen LogP contribution in [-0.2, 0) is 5.88 Å². The van der Waals surface area contributed by atoms with E-state index in [1.54, 1.807) is 0 Å². The van der Waals surface area contributed by atoms with Crippen LogP contribution in [0.5, 0.6) is 0 Å². The molecule has 3 rings (SSSR count). The van der Waals surface area contributed by atoms with Crippen LogP contribution in [0.3, 0.4) is 0 Å². The van der Waals surface area contributed by atoms with Crippen LogP contribution in [0.25, 0.3) is 16.7 Å². The zero-order valence-electron chi connectivity index (χ0n) is 10.4. The number of benzene rings is 2. The van der Waals surface area contributed by atoms with Crippen molar-refractivity contribution in [2.24, 2.45) is 0 Å². The molecule has 0 N–H and O–H groups in total. The highest BCUT2D eigenvalue weighted by atomic mass is 79.9. The number of fused-ring (bicyclic) bond motifs is 1. The van der Waals surface area contributed by atoms with E-state index >= 15 is 0 Å². The zero-order valence-corrected chi connectivity index (χ0v) is 12.7. The Morgan fingerprint density at radius 1 is 1.05 bits per heavy atom. The average molecular weight is 376 g/mol. The molecule has 1 heterocycles. The lowest BCUT2D eigenvalue weighted by Gasteiger charge is -2.08. The van der Waals surface area contributed by atoms with Crippen molar-refractivity contribution in [2.45, 2.75) is 5.88 Å². The van der Waals surface area contributed by atoms with Crippen molar-refractivity contribution in [2.75, 3.05) is 0 Å². The van der Waals surface area contributed by atoms with Gasteiger partial charge in [0, 0.05) is 12.1 Å². The Bertz CT molecular complexity index is 828. The molecule has 1 aromatic heterocycles. The van der Waals surface area contributed by atoms with Gasteiger partial charge in [-0.15, -0.1) is 11.6 Å². The normalized spacial score (nSPS) is 11.3. The van der Waals surface area contributed by atoms with Gasteiger partial charge in [0.25, 0.3) is 0 Å². The van der Waals surface area contributed by atoms with Gasteiger partial charge < -0.3 is 0 Å². The molecule has 0 fully saturated rings. The summed E-state index contributed by atoms with van der Waals surface area (Å²) < 4.78 is 42.3. The third-order valence-electron chi connectivity index (χ3n) is 2.99. The second-order valence-electron chi connectivity index (χ2n) is 4.38. The topological polar surface area (TPSA) is 17.8 Å². The van der Waals surface area contributed by atoms with Crippen molar-refractivity contribution < 1.29 is 13.2 Å². The van der Waals surface area contributed by atoms with Gasteiger partial charge in [-0.25, -0.2) is 18.2 Å². The third-order valence-corrected chi connectivity index (χ3v) is 3.84. The van der Waals surface area contributed by atoms with Gasteiger partial charge in [0.1, 0.15) is 23.3 Å². The quantitative estimate of drug-likeness (QED) is 0.580. The van der Waals surface area contributed by atoms with Gasteiger partial charge in [-0.3, -0.25) is 4.57 Å². The second kappa shape index (κ2) is 5.35. The van der Waals surface area contributed by atoms with Crippen LogP contribution < -0.4 is 0 Å². The molecule has 0 saturated heterocycles. The predicted molar refractivity (Wildman–Crippen MR) is 78.2 cm³/mol. The molecule has 2 aromatic carbocycles. The van der Waals surface area contributed by atoms with E-state index in [0.717, 1.165) is 18.2 Å². The molecule has 0 radical (unpaired) electrons. The molecule has 0 saturated carbocycles. The largest absolute Gasteiger partial charge is 0.295 e. The van der Waals surface area contributed by atoms with E-state index in [4.69, 9.17) is 11.6 Å². The van der Waals surface area contributed by atoms with Crippen molar-refractivity contribution in [3.05, 3.63) is 58.1 Å². The summed E-state index contributed by atoms with van der Waals surface area (Å²) in [7, 11) is 0. The lowest BCUT2D eigenvalue weighted by atomic mass is 10.2. The summed E-state index contributed by atoms with van der Waals surface area (Å²) >= 11 is 8.91. The van der Waals surface area contributed by atoms with E-state index in [1.807, 2.05) is 0 Å². The van der Waals surface area contributed by atoms with E-state index in [2.05, 4.69) is 20.9 Å². The number of alkyl halides is 1. The number of imidazole rings is 1. The molecule has 0 amide bonds. The molecule has 0 atom stereocenters. The van der Waals surface area contributed by atoms with Crippen molar-refractivity contribution in [1.82, 2.24) is 9.55 Å². The second-order valence-corrected chi connectivity index (χ2v) is 5.50. The van der Waals surface area contributed by atoms with Gasteiger partial charge in [-0.2, -0.15) is 0 Å². The molecule has 0 aliphatic rings. The van der Waals surface area contributed by atoms with Crippen LogP contribution in [0.15, 0.2) is 34.8 Å². The van der Waals surface area contributed by atoms with E-state index < -0.39 is 17.5 Å². The summed E-state index contributed by atoms with van der Waals surface area (Å²) in [6, 6.07) is 5.78. The minimum Gasteiger partial charge on any atom is -0.295 e. The Kier molecular flexibility index (Phi) is 3.67. The summed E-state index contributed by atoms with van der Waals surface area (Å²) in [4.78, 5) is 4.26. The van der Waals surface area contributed by atoms with Crippen LogP contribution in [0, 0.1) is 17.5 Å². The average Bonchev–Trinajstić information content (AvgIpc) is 2.75. The summed E-state index contributed by atoms with van der Waals surface area (Å²) in [5, 5.41) is 0. The van der Waals surface area contributed by atoms with Gasteiger partial charge in [-0.05, 0) is 34.1 Å². The molecule has 0 aliphatic carbocycles. The first kappa shape index (κ1) is 14.4. The molecule has 21 heavy (non-hydrogen) atoms. The highest BCUT2D eigenvalue weighted by Crippen LogP contribution is 2.28. The minimum absolute atomic E-state index is 0.0199. The summed E-state index contributed by atoms with van der Waals surface area (Å²) in [5.41, 5.74) is 1.06. The number of nitrogens with zero attached hydrogens (tertiary/aromatic N) is 2. The van der Waals surface area contributed by atoms with Crippen molar-refractivity contribution in [3.63, 3.8) is 0 Å². The fourth-order valence-corrected chi connectivity index (χ4v) is 2.68. The SMILES string of the molecule is Fc1cc(F)cc(-n2c(CCl)nc3cc(Br)c(F)cc32)c1. The number of halogens is 5. The van der Waals surface area contributed by atoms with Crippen LogP contribution in [0.1, 0.15) is 5.82 Å². The van der Waals surface area contributed by atoms with E-state index in [-0.39, 0.29) is 16.0 Å². The molecular formula is C14H7BrClF3N2. The van der Waals surface area contributed by atoms with Gasteiger partial charge in [0.15, 0.2) is 0 Å². The van der Waals surface area contributed by atoms with E-state index in [1.165, 1.54) is 16.7 Å². The maximum Gasteiger partial charge on any atom is 0.139 e. The first-order valence-corrected chi connectivity index (χ1v) is 7.21. The van der Waals surface area contributed by atoms with Gasteiger partial charge >= 0.3 is 0 Å². The molecule has 0 bridgehead atoms. The molecule has 0 aliphatic heterocycles. The Hall–Kier alpha value is -1.53. The molecule has 0 spiro atoms. The summed E-state index contributed by atoms with van der Waals surface area (Å²) in [5.74, 6) is -1.57. The Labute approximate surface area is 131 Å². The Morgan fingerprint density at radius 2 is 1.71 bits per heavy atom. The van der Waals surface area contributed by atoms with Crippen LogP contribution in [0.2, 0.25) is 0 Å². The molecular weight excluding hydrogens is 369 g/mol. The number of hydrogen-bond acceptors (Lipinski definition) is 1. The van der Waals surface area contributed by atoms with Crippen molar-refractivity contribution in [3.8, 4) is 5.69 Å². The highest BCUT2D eigenvalue weighted by Gasteiger charge is 2.15. The van der Waals surface area contributed by atoms with Crippen LogP contribution in [-0.4, -0.2) is 9.55 Å². The number of hydrogen-bond donors (Lipinski definition) is 0. The maximum absolute atomic E-state index is 13.7. The molecule has 7 heteroatoms. The van der Waals surface area contributed by atoms with Crippen molar-refractivity contribution >= 4 is 38.6 Å². The number of rotatable bonds is 2. The lowest BCUT2D eigenvalue weighted by molar-refractivity contribution is 0.581. The van der Waals surface area contributed by atoms with Gasteiger partial charge in [0.05, 0.1) is 27.1 Å². The zero-order chi connectivity index (χ0) is 15.1. The Balaban J connectivity index is 2.36. The minimum atomic E-state index is -0.732. The van der Waals surface area contributed by atoms with Gasteiger partial charge in [-0.1, -0.05) is 0 Å². The van der Waals surface area contributed by atoms with Crippen molar-refractivity contribution in [1.29, 1.82) is 0 Å². The summed E-state index contributed by atoms with van der Waals surface area (Å²) in [6.07, 6.45) is 0. The van der Waals surface area contributed by atoms with E-state index in [0.29, 0.717) is 16.9 Å². The monoisotopic (exact) mass is 374 g/mol. The smallest absolute Gasteiger partial charge is 0.139 e. The molecule has 108 valence electrons. The highest BCUT2D eigenvalue weighted by molar-refractivity contribution is 9.10. The lowest BCUT2D eigenvalue weighted by Crippen LogP contribution is -2.01. The van der Waals surface area contributed by atoms with Crippen LogP contribution in [0.4, 0.5) is 13.2 Å². The number of aromatic nitrogens is 2. The molecule has 2 nitrogen and oxygen atoms in total. The predicted octanol–water partition coefficient (Wildman–Crippen LogP) is 4.94. The third kappa shape index (κ3) is 2.53. The molecule has 0 unspecified atom stereocenters. The first-order chi connectivity index (χ1) is 9.99.